The van der Waals surface area contributed by atoms with Crippen LogP contribution >= 0.6 is 0 Å². The molecule has 3 N–H and O–H groups in total. The van der Waals surface area contributed by atoms with Gasteiger partial charge in [0.15, 0.2) is 0 Å². The number of rotatable bonds is 8. The summed E-state index contributed by atoms with van der Waals surface area (Å²) in [6, 6.07) is -0.569. The van der Waals surface area contributed by atoms with Crippen molar-refractivity contribution in [2.24, 2.45) is 11.7 Å². The van der Waals surface area contributed by atoms with E-state index < -0.39 is 12.0 Å². The van der Waals surface area contributed by atoms with Gasteiger partial charge in [0.25, 0.3) is 0 Å². The number of esters is 1. The lowest BCUT2D eigenvalue weighted by Crippen LogP contribution is -2.38. The van der Waals surface area contributed by atoms with Crippen molar-refractivity contribution in [3.63, 3.8) is 0 Å². The fourth-order valence-electron chi connectivity index (χ4n) is 1.03. The molecule has 0 fully saturated rings. The van der Waals surface area contributed by atoms with Gasteiger partial charge in [-0.3, -0.25) is 4.79 Å². The number of aliphatic hydroxyl groups excluding tert-OH is 1. The van der Waals surface area contributed by atoms with Gasteiger partial charge in [0.1, 0.15) is 12.6 Å². The molecule has 0 saturated heterocycles. The summed E-state index contributed by atoms with van der Waals surface area (Å²) < 4.78 is 10.1. The molecule has 3 atom stereocenters. The predicted octanol–water partition coefficient (Wildman–Crippen LogP) is 0.300. The second kappa shape index (κ2) is 8.50. The van der Waals surface area contributed by atoms with E-state index in [-0.39, 0.29) is 31.8 Å². The molecule has 3 unspecified atom stereocenters. The Morgan fingerprint density at radius 1 is 1.38 bits per heavy atom. The zero-order valence-electron chi connectivity index (χ0n) is 10.3. The van der Waals surface area contributed by atoms with E-state index in [1.165, 1.54) is 0 Å². The van der Waals surface area contributed by atoms with Crippen molar-refractivity contribution in [2.45, 2.75) is 39.3 Å². The topological polar surface area (TPSA) is 81.8 Å². The molecule has 0 saturated carbocycles. The van der Waals surface area contributed by atoms with Gasteiger partial charge in [-0.2, -0.15) is 0 Å². The smallest absolute Gasteiger partial charge is 0.323 e. The first-order valence-corrected chi connectivity index (χ1v) is 5.67. The molecule has 0 spiro atoms. The first-order valence-electron chi connectivity index (χ1n) is 5.67. The van der Waals surface area contributed by atoms with Gasteiger partial charge in [-0.05, 0) is 12.8 Å². The van der Waals surface area contributed by atoms with Gasteiger partial charge in [-0.25, -0.2) is 0 Å². The number of aliphatic hydroxyl groups is 1. The molecular weight excluding hydrogens is 210 g/mol. The minimum Gasteiger partial charge on any atom is -0.462 e. The summed E-state index contributed by atoms with van der Waals surface area (Å²) >= 11 is 0. The second-order valence-corrected chi connectivity index (χ2v) is 3.94. The molecule has 16 heavy (non-hydrogen) atoms. The number of carbonyl (C=O) groups excluding carboxylic acids is 1. The zero-order valence-corrected chi connectivity index (χ0v) is 10.3. The van der Waals surface area contributed by atoms with Crippen molar-refractivity contribution >= 4 is 5.97 Å². The fraction of sp³-hybridized carbons (Fsp3) is 0.909. The van der Waals surface area contributed by atoms with Crippen LogP contribution in [0.4, 0.5) is 0 Å². The van der Waals surface area contributed by atoms with Gasteiger partial charge in [0.05, 0.1) is 19.3 Å². The standard InChI is InChI=1S/C11H23NO4/c1-4-8(2)10(12)11(14)16-6-5-15-9(3)7-13/h8-10,13H,4-7,12H2,1-3H3. The van der Waals surface area contributed by atoms with Gasteiger partial charge < -0.3 is 20.3 Å². The van der Waals surface area contributed by atoms with Gasteiger partial charge >= 0.3 is 5.97 Å². The maximum atomic E-state index is 11.4. The van der Waals surface area contributed by atoms with E-state index in [0.29, 0.717) is 0 Å². The van der Waals surface area contributed by atoms with Crippen molar-refractivity contribution < 1.29 is 19.4 Å². The average molecular weight is 233 g/mol. The fourth-order valence-corrected chi connectivity index (χ4v) is 1.03. The van der Waals surface area contributed by atoms with Crippen LogP contribution in [0.1, 0.15) is 27.2 Å². The highest BCUT2D eigenvalue weighted by atomic mass is 16.6. The van der Waals surface area contributed by atoms with E-state index >= 15 is 0 Å². The largest absolute Gasteiger partial charge is 0.462 e. The van der Waals surface area contributed by atoms with Crippen LogP contribution in [-0.2, 0) is 14.3 Å². The zero-order chi connectivity index (χ0) is 12.6. The van der Waals surface area contributed by atoms with Crippen LogP contribution < -0.4 is 5.73 Å². The molecule has 5 heteroatoms. The SMILES string of the molecule is CCC(C)C(N)C(=O)OCCOC(C)CO. The molecule has 5 nitrogen and oxygen atoms in total. The summed E-state index contributed by atoms with van der Waals surface area (Å²) in [5, 5.41) is 8.68. The molecule has 0 amide bonds. The van der Waals surface area contributed by atoms with E-state index in [4.69, 9.17) is 20.3 Å². The van der Waals surface area contributed by atoms with Crippen molar-refractivity contribution in [3.8, 4) is 0 Å². The van der Waals surface area contributed by atoms with E-state index in [9.17, 15) is 4.79 Å². The molecule has 0 aromatic carbocycles. The Bertz CT molecular complexity index is 198. The summed E-state index contributed by atoms with van der Waals surface area (Å²) in [6.45, 7) is 6.04. The number of hydrogen-bond donors (Lipinski definition) is 2. The summed E-state index contributed by atoms with van der Waals surface area (Å²) in [4.78, 5) is 11.4. The summed E-state index contributed by atoms with van der Waals surface area (Å²) in [6.07, 6.45) is 0.607. The highest BCUT2D eigenvalue weighted by Gasteiger charge is 2.20. The molecule has 0 heterocycles. The first kappa shape index (κ1) is 15.3. The molecule has 0 aromatic rings. The van der Waals surface area contributed by atoms with Crippen molar-refractivity contribution in [1.82, 2.24) is 0 Å². The third-order valence-corrected chi connectivity index (χ3v) is 2.52. The van der Waals surface area contributed by atoms with Crippen LogP contribution in [0.15, 0.2) is 0 Å². The molecule has 96 valence electrons. The molecule has 0 aliphatic rings. The number of hydrogen-bond acceptors (Lipinski definition) is 5. The second-order valence-electron chi connectivity index (χ2n) is 3.94. The van der Waals surface area contributed by atoms with Crippen molar-refractivity contribution in [1.29, 1.82) is 0 Å². The van der Waals surface area contributed by atoms with Crippen LogP contribution in [0.3, 0.4) is 0 Å². The van der Waals surface area contributed by atoms with Crippen LogP contribution in [0.5, 0.6) is 0 Å². The summed E-state index contributed by atoms with van der Waals surface area (Å²) in [5.74, 6) is -0.278. The van der Waals surface area contributed by atoms with Crippen LogP contribution in [0.25, 0.3) is 0 Å². The lowest BCUT2D eigenvalue weighted by atomic mass is 10.0. The predicted molar refractivity (Wildman–Crippen MR) is 60.9 cm³/mol. The number of ether oxygens (including phenoxy) is 2. The maximum absolute atomic E-state index is 11.4. The highest BCUT2D eigenvalue weighted by Crippen LogP contribution is 2.06. The molecule has 0 aliphatic carbocycles. The summed E-state index contributed by atoms with van der Waals surface area (Å²) in [7, 11) is 0. The Kier molecular flexibility index (Phi) is 8.15. The Balaban J connectivity index is 3.65. The lowest BCUT2D eigenvalue weighted by Gasteiger charge is -2.17. The molecular formula is C11H23NO4. The van der Waals surface area contributed by atoms with Gasteiger partial charge in [0, 0.05) is 0 Å². The van der Waals surface area contributed by atoms with Crippen molar-refractivity contribution in [3.05, 3.63) is 0 Å². The number of nitrogens with two attached hydrogens (primary N) is 1. The normalized spacial score (nSPS) is 16.6. The van der Waals surface area contributed by atoms with Gasteiger partial charge in [-0.15, -0.1) is 0 Å². The monoisotopic (exact) mass is 233 g/mol. The van der Waals surface area contributed by atoms with E-state index in [0.717, 1.165) is 6.42 Å². The molecule has 0 rings (SSSR count). The lowest BCUT2D eigenvalue weighted by molar-refractivity contribution is -0.148. The first-order chi connectivity index (χ1) is 7.52. The van der Waals surface area contributed by atoms with Gasteiger partial charge in [-0.1, -0.05) is 20.3 Å². The van der Waals surface area contributed by atoms with Crippen LogP contribution in [0, 0.1) is 5.92 Å². The average Bonchev–Trinajstić information content (AvgIpc) is 2.31. The van der Waals surface area contributed by atoms with Gasteiger partial charge in [0.2, 0.25) is 0 Å². The third-order valence-electron chi connectivity index (χ3n) is 2.52. The van der Waals surface area contributed by atoms with E-state index in [2.05, 4.69) is 0 Å². The quantitative estimate of drug-likeness (QED) is 0.465. The Morgan fingerprint density at radius 2 is 2.00 bits per heavy atom. The minimum atomic E-state index is -0.569. The molecule has 0 bridgehead atoms. The van der Waals surface area contributed by atoms with E-state index in [1.54, 1.807) is 6.92 Å². The Labute approximate surface area is 96.9 Å². The van der Waals surface area contributed by atoms with Crippen LogP contribution in [-0.4, -0.2) is 43.0 Å². The molecule has 0 radical (unpaired) electrons. The summed E-state index contributed by atoms with van der Waals surface area (Å²) in [5.41, 5.74) is 5.68. The molecule has 0 aliphatic heterocycles. The maximum Gasteiger partial charge on any atom is 0.323 e. The minimum absolute atomic E-state index is 0.0413. The van der Waals surface area contributed by atoms with Crippen molar-refractivity contribution in [2.75, 3.05) is 19.8 Å². The highest BCUT2D eigenvalue weighted by molar-refractivity contribution is 5.75. The van der Waals surface area contributed by atoms with E-state index in [1.807, 2.05) is 13.8 Å². The molecule has 0 aromatic heterocycles. The number of carbonyl (C=O) groups is 1. The van der Waals surface area contributed by atoms with Crippen LogP contribution in [0.2, 0.25) is 0 Å². The third kappa shape index (κ3) is 6.05. The Morgan fingerprint density at radius 3 is 2.50 bits per heavy atom. The Hall–Kier alpha value is -0.650.